The molecule has 0 saturated carbocycles. The highest BCUT2D eigenvalue weighted by Crippen LogP contribution is 2.33. The SMILES string of the molecule is Cc1cccc2ccnc(N(C(=O)c3ccc([N+](=O)[O-])cc3F)[C@@H]3CCCN(C(=O)OC(C)(C)C)C3)c12. The van der Waals surface area contributed by atoms with Gasteiger partial charge >= 0.3 is 6.09 Å². The number of non-ortho nitro benzene ring substituents is 1. The smallest absolute Gasteiger partial charge is 0.410 e. The molecule has 10 heteroatoms. The number of nitro groups is 1. The zero-order chi connectivity index (χ0) is 26.9. The second-order valence-electron chi connectivity index (χ2n) is 10.1. The standard InChI is InChI=1S/C27H29FN4O5/c1-17-7-5-8-18-12-13-29-24(23(17)18)31(25(33)21-11-10-19(32(35)36)15-22(21)28)20-9-6-14-30(16-20)26(34)37-27(2,3)4/h5,7-8,10-13,15,20H,6,9,14,16H2,1-4H3/t20-/m1/s1. The van der Waals surface area contributed by atoms with Crippen molar-refractivity contribution < 1.29 is 23.6 Å². The van der Waals surface area contributed by atoms with Crippen molar-refractivity contribution in [2.75, 3.05) is 18.0 Å². The maximum Gasteiger partial charge on any atom is 0.410 e. The van der Waals surface area contributed by atoms with Gasteiger partial charge in [0.15, 0.2) is 0 Å². The highest BCUT2D eigenvalue weighted by atomic mass is 19.1. The summed E-state index contributed by atoms with van der Waals surface area (Å²) in [5.41, 5.74) is -0.571. The van der Waals surface area contributed by atoms with E-state index in [9.17, 15) is 19.7 Å². The molecule has 4 rings (SSSR count). The first-order chi connectivity index (χ1) is 17.5. The van der Waals surface area contributed by atoms with Crippen LogP contribution in [-0.2, 0) is 4.74 Å². The number of hydrogen-bond acceptors (Lipinski definition) is 6. The second-order valence-corrected chi connectivity index (χ2v) is 10.1. The van der Waals surface area contributed by atoms with E-state index in [0.29, 0.717) is 25.2 Å². The fraction of sp³-hybridized carbons (Fsp3) is 0.370. The number of rotatable bonds is 4. The van der Waals surface area contributed by atoms with Gasteiger partial charge in [0.1, 0.15) is 17.2 Å². The van der Waals surface area contributed by atoms with Crippen molar-refractivity contribution in [2.24, 2.45) is 0 Å². The first-order valence-corrected chi connectivity index (χ1v) is 12.1. The molecule has 0 radical (unpaired) electrons. The minimum absolute atomic E-state index is 0.166. The Bertz CT molecular complexity index is 1370. The molecular weight excluding hydrogens is 479 g/mol. The van der Waals surface area contributed by atoms with Crippen molar-refractivity contribution >= 4 is 34.3 Å². The van der Waals surface area contributed by atoms with E-state index in [1.807, 2.05) is 31.2 Å². The van der Waals surface area contributed by atoms with Crippen LogP contribution < -0.4 is 4.90 Å². The number of nitrogens with zero attached hydrogens (tertiary/aromatic N) is 4. The normalized spacial score (nSPS) is 15.9. The van der Waals surface area contributed by atoms with E-state index in [1.54, 1.807) is 31.9 Å². The molecule has 0 spiro atoms. The van der Waals surface area contributed by atoms with Gasteiger partial charge < -0.3 is 9.64 Å². The summed E-state index contributed by atoms with van der Waals surface area (Å²) in [6, 6.07) is 9.96. The largest absolute Gasteiger partial charge is 0.444 e. The molecule has 0 unspecified atom stereocenters. The number of pyridine rings is 1. The molecule has 1 atom stereocenters. The number of nitro benzene ring substituents is 1. The number of aromatic nitrogens is 1. The number of ether oxygens (including phenoxy) is 1. The highest BCUT2D eigenvalue weighted by molar-refractivity contribution is 6.11. The zero-order valence-electron chi connectivity index (χ0n) is 21.2. The number of hydrogen-bond donors (Lipinski definition) is 0. The van der Waals surface area contributed by atoms with E-state index in [0.717, 1.165) is 34.5 Å². The Morgan fingerprint density at radius 1 is 1.22 bits per heavy atom. The molecule has 1 saturated heterocycles. The van der Waals surface area contributed by atoms with Crippen LogP contribution in [0.5, 0.6) is 0 Å². The molecule has 0 bridgehead atoms. The van der Waals surface area contributed by atoms with Crippen molar-refractivity contribution in [3.8, 4) is 0 Å². The van der Waals surface area contributed by atoms with E-state index >= 15 is 4.39 Å². The molecule has 1 aliphatic heterocycles. The fourth-order valence-corrected chi connectivity index (χ4v) is 4.58. The van der Waals surface area contributed by atoms with Crippen molar-refractivity contribution in [3.63, 3.8) is 0 Å². The van der Waals surface area contributed by atoms with E-state index < -0.39 is 40.1 Å². The second kappa shape index (κ2) is 10.1. The topological polar surface area (TPSA) is 106 Å². The van der Waals surface area contributed by atoms with Gasteiger partial charge in [0.05, 0.1) is 22.6 Å². The van der Waals surface area contributed by atoms with E-state index in [4.69, 9.17) is 4.74 Å². The number of carbonyl (C=O) groups is 2. The summed E-state index contributed by atoms with van der Waals surface area (Å²) in [5, 5.41) is 12.7. The first-order valence-electron chi connectivity index (χ1n) is 12.1. The van der Waals surface area contributed by atoms with Gasteiger partial charge in [-0.05, 0) is 63.6 Å². The molecule has 194 valence electrons. The molecule has 1 aromatic heterocycles. The molecule has 2 amide bonds. The number of amides is 2. The van der Waals surface area contributed by atoms with Crippen LogP contribution in [0.1, 0.15) is 49.5 Å². The number of fused-ring (bicyclic) bond motifs is 1. The summed E-state index contributed by atoms with van der Waals surface area (Å²) in [5.74, 6) is -1.35. The van der Waals surface area contributed by atoms with Crippen molar-refractivity contribution in [3.05, 3.63) is 75.7 Å². The van der Waals surface area contributed by atoms with Gasteiger partial charge in [-0.25, -0.2) is 14.2 Å². The number of carbonyl (C=O) groups excluding carboxylic acids is 2. The van der Waals surface area contributed by atoms with Gasteiger partial charge in [-0.3, -0.25) is 19.8 Å². The predicted molar refractivity (Wildman–Crippen MR) is 137 cm³/mol. The minimum Gasteiger partial charge on any atom is -0.444 e. The number of likely N-dealkylation sites (tertiary alicyclic amines) is 1. The van der Waals surface area contributed by atoms with Crippen LogP contribution >= 0.6 is 0 Å². The summed E-state index contributed by atoms with van der Waals surface area (Å²) in [7, 11) is 0. The molecule has 9 nitrogen and oxygen atoms in total. The summed E-state index contributed by atoms with van der Waals surface area (Å²) in [4.78, 5) is 44.7. The molecule has 0 aliphatic carbocycles. The van der Waals surface area contributed by atoms with Crippen LogP contribution in [0.2, 0.25) is 0 Å². The number of piperidine rings is 1. The Labute approximate surface area is 214 Å². The van der Waals surface area contributed by atoms with Crippen LogP contribution in [0.4, 0.5) is 20.7 Å². The average molecular weight is 509 g/mol. The molecule has 2 heterocycles. The quantitative estimate of drug-likeness (QED) is 0.334. The summed E-state index contributed by atoms with van der Waals surface area (Å²) in [6.45, 7) is 7.87. The van der Waals surface area contributed by atoms with E-state index in [2.05, 4.69) is 4.98 Å². The van der Waals surface area contributed by atoms with Crippen LogP contribution in [0.25, 0.3) is 10.8 Å². The van der Waals surface area contributed by atoms with Crippen LogP contribution in [-0.4, -0.2) is 51.5 Å². The van der Waals surface area contributed by atoms with Crippen LogP contribution in [0, 0.1) is 22.9 Å². The van der Waals surface area contributed by atoms with Crippen molar-refractivity contribution in [2.45, 2.75) is 52.2 Å². The van der Waals surface area contributed by atoms with E-state index in [1.165, 1.54) is 4.90 Å². The Morgan fingerprint density at radius 2 is 1.97 bits per heavy atom. The minimum atomic E-state index is -0.999. The third kappa shape index (κ3) is 5.52. The average Bonchev–Trinajstić information content (AvgIpc) is 2.83. The monoisotopic (exact) mass is 508 g/mol. The third-order valence-electron chi connectivity index (χ3n) is 6.23. The Balaban J connectivity index is 1.81. The number of benzene rings is 2. The zero-order valence-corrected chi connectivity index (χ0v) is 21.2. The number of anilines is 1. The van der Waals surface area contributed by atoms with Crippen molar-refractivity contribution in [1.29, 1.82) is 0 Å². The summed E-state index contributed by atoms with van der Waals surface area (Å²) < 4.78 is 20.6. The maximum atomic E-state index is 15.0. The highest BCUT2D eigenvalue weighted by Gasteiger charge is 2.36. The molecule has 0 N–H and O–H groups in total. The van der Waals surface area contributed by atoms with Gasteiger partial charge in [-0.2, -0.15) is 0 Å². The molecule has 37 heavy (non-hydrogen) atoms. The Kier molecular flexibility index (Phi) is 7.11. The molecule has 1 fully saturated rings. The predicted octanol–water partition coefficient (Wildman–Crippen LogP) is 5.64. The fourth-order valence-electron chi connectivity index (χ4n) is 4.58. The Morgan fingerprint density at radius 3 is 2.65 bits per heavy atom. The van der Waals surface area contributed by atoms with Crippen LogP contribution in [0.3, 0.4) is 0 Å². The Hall–Kier alpha value is -4.08. The van der Waals surface area contributed by atoms with Crippen LogP contribution in [0.15, 0.2) is 48.7 Å². The molecule has 1 aliphatic rings. The molecule has 2 aromatic carbocycles. The first kappa shape index (κ1) is 26.0. The van der Waals surface area contributed by atoms with Gasteiger partial charge in [0, 0.05) is 30.7 Å². The maximum absolute atomic E-state index is 15.0. The lowest BCUT2D eigenvalue weighted by Gasteiger charge is -2.39. The van der Waals surface area contributed by atoms with Gasteiger partial charge in [0.25, 0.3) is 11.6 Å². The van der Waals surface area contributed by atoms with Gasteiger partial charge in [-0.1, -0.05) is 18.2 Å². The third-order valence-corrected chi connectivity index (χ3v) is 6.23. The number of halogens is 1. The lowest BCUT2D eigenvalue weighted by molar-refractivity contribution is -0.385. The molecule has 3 aromatic rings. The lowest BCUT2D eigenvalue weighted by atomic mass is 10.00. The summed E-state index contributed by atoms with van der Waals surface area (Å²) >= 11 is 0. The number of aryl methyl sites for hydroxylation is 1. The van der Waals surface area contributed by atoms with Gasteiger partial charge in [0.2, 0.25) is 0 Å². The lowest BCUT2D eigenvalue weighted by Crippen LogP contribution is -2.53. The van der Waals surface area contributed by atoms with E-state index in [-0.39, 0.29) is 12.1 Å². The summed E-state index contributed by atoms with van der Waals surface area (Å²) in [6.07, 6.45) is 2.23. The van der Waals surface area contributed by atoms with Gasteiger partial charge in [-0.15, -0.1) is 0 Å². The van der Waals surface area contributed by atoms with Crippen molar-refractivity contribution in [1.82, 2.24) is 9.88 Å². The molecular formula is C27H29FN4O5.